The lowest BCUT2D eigenvalue weighted by molar-refractivity contribution is 0.628. The van der Waals surface area contributed by atoms with Crippen molar-refractivity contribution in [1.82, 2.24) is 0 Å². The average molecular weight is 165 g/mol. The highest BCUT2D eigenvalue weighted by Gasteiger charge is 1.88. The molecule has 1 aromatic carbocycles. The topological polar surface area (TPSA) is 48.2 Å². The van der Waals surface area contributed by atoms with Gasteiger partial charge in [-0.1, -0.05) is 0 Å². The van der Waals surface area contributed by atoms with E-state index < -0.39 is 0 Å². The Labute approximate surface area is 69.4 Å². The lowest BCUT2D eigenvalue weighted by Gasteiger charge is -1.97. The molecule has 0 unspecified atom stereocenters. The first-order valence-electron chi connectivity index (χ1n) is 3.36. The number of hydrogen-bond acceptors (Lipinski definition) is 3. The minimum atomic E-state index is -0.281. The Morgan fingerprint density at radius 3 is 2.58 bits per heavy atom. The van der Waals surface area contributed by atoms with Crippen LogP contribution in [0.2, 0.25) is 0 Å². The van der Waals surface area contributed by atoms with E-state index in [0.717, 1.165) is 6.21 Å². The van der Waals surface area contributed by atoms with Crippen LogP contribution in [-0.2, 0) is 0 Å². The second-order valence-corrected chi connectivity index (χ2v) is 2.06. The summed E-state index contributed by atoms with van der Waals surface area (Å²) in [6.45, 7) is 0. The smallest absolute Gasteiger partial charge is 0.123 e. The van der Waals surface area contributed by atoms with Crippen LogP contribution in [0.3, 0.4) is 0 Å². The minimum absolute atomic E-state index is 0.281. The molecule has 0 bridgehead atoms. The second kappa shape index (κ2) is 4.23. The van der Waals surface area contributed by atoms with E-state index in [9.17, 15) is 4.39 Å². The summed E-state index contributed by atoms with van der Waals surface area (Å²) in [6.07, 6.45) is 2.35. The molecule has 0 saturated heterocycles. The van der Waals surface area contributed by atoms with Gasteiger partial charge < -0.3 is 5.41 Å². The van der Waals surface area contributed by atoms with Crippen LogP contribution in [0.4, 0.5) is 10.1 Å². The quantitative estimate of drug-likeness (QED) is 0.521. The van der Waals surface area contributed by atoms with Gasteiger partial charge >= 0.3 is 0 Å². The van der Waals surface area contributed by atoms with Crippen molar-refractivity contribution < 1.29 is 4.39 Å². The number of hydrazone groups is 1. The van der Waals surface area contributed by atoms with Gasteiger partial charge in [0.25, 0.3) is 0 Å². The lowest BCUT2D eigenvalue weighted by atomic mass is 10.3. The highest BCUT2D eigenvalue weighted by Crippen LogP contribution is 2.07. The maximum Gasteiger partial charge on any atom is 0.123 e. The highest BCUT2D eigenvalue weighted by atomic mass is 19.1. The fraction of sp³-hybridized carbons (Fsp3) is 0. The van der Waals surface area contributed by atoms with Crippen molar-refractivity contribution in [2.75, 3.05) is 5.43 Å². The van der Waals surface area contributed by atoms with E-state index >= 15 is 0 Å². The van der Waals surface area contributed by atoms with Gasteiger partial charge in [-0.25, -0.2) is 4.39 Å². The van der Waals surface area contributed by atoms with E-state index in [1.807, 2.05) is 0 Å². The maximum atomic E-state index is 12.4. The molecule has 62 valence electrons. The number of halogens is 1. The third kappa shape index (κ3) is 2.49. The number of nitrogens with zero attached hydrogens (tertiary/aromatic N) is 1. The third-order valence-electron chi connectivity index (χ3n) is 1.19. The van der Waals surface area contributed by atoms with E-state index in [-0.39, 0.29) is 5.82 Å². The van der Waals surface area contributed by atoms with Crippen LogP contribution < -0.4 is 5.43 Å². The van der Waals surface area contributed by atoms with Gasteiger partial charge in [0, 0.05) is 6.21 Å². The average Bonchev–Trinajstić information content (AvgIpc) is 2.09. The zero-order chi connectivity index (χ0) is 8.81. The Morgan fingerprint density at radius 1 is 1.33 bits per heavy atom. The van der Waals surface area contributed by atoms with Crippen LogP contribution in [0, 0.1) is 11.2 Å². The number of hydrogen-bond donors (Lipinski definition) is 2. The van der Waals surface area contributed by atoms with E-state index in [1.54, 1.807) is 12.1 Å². The summed E-state index contributed by atoms with van der Waals surface area (Å²) in [5.74, 6) is -0.281. The third-order valence-corrected chi connectivity index (χ3v) is 1.19. The van der Waals surface area contributed by atoms with E-state index in [2.05, 4.69) is 10.5 Å². The zero-order valence-electron chi connectivity index (χ0n) is 6.29. The fourth-order valence-electron chi connectivity index (χ4n) is 0.673. The number of nitrogens with one attached hydrogen (secondary N) is 2. The molecule has 12 heavy (non-hydrogen) atoms. The molecule has 1 rings (SSSR count). The highest BCUT2D eigenvalue weighted by molar-refractivity contribution is 6.14. The number of anilines is 1. The van der Waals surface area contributed by atoms with Crippen LogP contribution in [0.15, 0.2) is 29.4 Å². The van der Waals surface area contributed by atoms with Gasteiger partial charge in [-0.05, 0) is 24.3 Å². The number of rotatable bonds is 3. The van der Waals surface area contributed by atoms with E-state index in [0.29, 0.717) is 5.69 Å². The molecule has 0 atom stereocenters. The van der Waals surface area contributed by atoms with Gasteiger partial charge in [-0.2, -0.15) is 5.10 Å². The van der Waals surface area contributed by atoms with Crippen LogP contribution in [0.1, 0.15) is 0 Å². The summed E-state index contributed by atoms with van der Waals surface area (Å²) in [7, 11) is 0. The Kier molecular flexibility index (Phi) is 2.95. The molecule has 0 heterocycles. The van der Waals surface area contributed by atoms with Gasteiger partial charge in [-0.15, -0.1) is 0 Å². The van der Waals surface area contributed by atoms with Crippen molar-refractivity contribution >= 4 is 18.1 Å². The summed E-state index contributed by atoms with van der Waals surface area (Å²) < 4.78 is 12.4. The summed E-state index contributed by atoms with van der Waals surface area (Å²) in [5, 5.41) is 10.3. The molecule has 0 aliphatic carbocycles. The summed E-state index contributed by atoms with van der Waals surface area (Å²) in [4.78, 5) is 0. The van der Waals surface area contributed by atoms with Gasteiger partial charge in [0.15, 0.2) is 0 Å². The lowest BCUT2D eigenvalue weighted by Crippen LogP contribution is -1.89. The zero-order valence-corrected chi connectivity index (χ0v) is 6.29. The predicted molar refractivity (Wildman–Crippen MR) is 47.3 cm³/mol. The normalized spacial score (nSPS) is 10.1. The van der Waals surface area contributed by atoms with Gasteiger partial charge in [-0.3, -0.25) is 5.43 Å². The van der Waals surface area contributed by atoms with Crippen molar-refractivity contribution in [3.8, 4) is 0 Å². The Balaban J connectivity index is 2.58. The molecule has 0 radical (unpaired) electrons. The molecular formula is C8H8FN3. The molecule has 0 amide bonds. The summed E-state index contributed by atoms with van der Waals surface area (Å²) in [6, 6.07) is 5.80. The largest absolute Gasteiger partial charge is 0.307 e. The number of benzene rings is 1. The van der Waals surface area contributed by atoms with Crippen molar-refractivity contribution in [2.24, 2.45) is 5.10 Å². The molecule has 0 aliphatic heterocycles. The summed E-state index contributed by atoms with van der Waals surface area (Å²) in [5.41, 5.74) is 3.31. The SMILES string of the molecule is N=C/C=N\Nc1ccc(F)cc1. The Bertz CT molecular complexity index is 279. The standard InChI is InChI=1S/C8H8FN3/c9-7-1-3-8(4-2-7)12-11-6-5-10/h1-6,10,12H/b10-5?,11-6-. The monoisotopic (exact) mass is 165 g/mol. The Morgan fingerprint density at radius 2 is 2.00 bits per heavy atom. The molecule has 0 aromatic heterocycles. The van der Waals surface area contributed by atoms with E-state index in [1.165, 1.54) is 18.3 Å². The van der Waals surface area contributed by atoms with Crippen molar-refractivity contribution in [2.45, 2.75) is 0 Å². The van der Waals surface area contributed by atoms with Gasteiger partial charge in [0.1, 0.15) is 5.82 Å². The van der Waals surface area contributed by atoms with E-state index in [4.69, 9.17) is 5.41 Å². The predicted octanol–water partition coefficient (Wildman–Crippen LogP) is 1.87. The van der Waals surface area contributed by atoms with Crippen LogP contribution >= 0.6 is 0 Å². The Hall–Kier alpha value is -1.71. The van der Waals surface area contributed by atoms with Crippen LogP contribution in [0.25, 0.3) is 0 Å². The van der Waals surface area contributed by atoms with Crippen LogP contribution in [0.5, 0.6) is 0 Å². The molecule has 0 saturated carbocycles. The molecule has 0 spiro atoms. The van der Waals surface area contributed by atoms with Crippen molar-refractivity contribution in [3.05, 3.63) is 30.1 Å². The fourth-order valence-corrected chi connectivity index (χ4v) is 0.673. The van der Waals surface area contributed by atoms with Crippen molar-refractivity contribution in [3.63, 3.8) is 0 Å². The van der Waals surface area contributed by atoms with Gasteiger partial charge in [0.2, 0.25) is 0 Å². The first kappa shape index (κ1) is 8.39. The summed E-state index contributed by atoms with van der Waals surface area (Å²) >= 11 is 0. The minimum Gasteiger partial charge on any atom is -0.307 e. The molecule has 0 aliphatic rings. The molecule has 1 aromatic rings. The first-order chi connectivity index (χ1) is 5.83. The van der Waals surface area contributed by atoms with Crippen molar-refractivity contribution in [1.29, 1.82) is 5.41 Å². The molecule has 0 fully saturated rings. The maximum absolute atomic E-state index is 12.4. The molecular weight excluding hydrogens is 157 g/mol. The molecule has 2 N–H and O–H groups in total. The first-order valence-corrected chi connectivity index (χ1v) is 3.36. The molecule has 4 heteroatoms. The van der Waals surface area contributed by atoms with Crippen LogP contribution in [-0.4, -0.2) is 12.4 Å². The van der Waals surface area contributed by atoms with Gasteiger partial charge in [0.05, 0.1) is 11.9 Å². The second-order valence-electron chi connectivity index (χ2n) is 2.06. The molecule has 3 nitrogen and oxygen atoms in total.